The lowest BCUT2D eigenvalue weighted by atomic mass is 9.85. The van der Waals surface area contributed by atoms with Crippen LogP contribution in [0.1, 0.15) is 116 Å². The summed E-state index contributed by atoms with van der Waals surface area (Å²) < 4.78 is 1.92. The van der Waals surface area contributed by atoms with Gasteiger partial charge in [-0.3, -0.25) is 19.1 Å². The van der Waals surface area contributed by atoms with Gasteiger partial charge in [0.2, 0.25) is 17.7 Å². The average Bonchev–Trinajstić information content (AvgIpc) is 4.01. The van der Waals surface area contributed by atoms with E-state index in [1.54, 1.807) is 35.7 Å². The number of aliphatic hydroxyl groups is 1. The molecule has 1 aliphatic heterocycles. The molecule has 0 radical (unpaired) electrons. The number of nitrogens with zero attached hydrogens (tertiary/aromatic N) is 6. The van der Waals surface area contributed by atoms with Crippen LogP contribution in [0.25, 0.3) is 32.8 Å². The zero-order chi connectivity index (χ0) is 45.1. The Bertz CT molecular complexity index is 2300. The number of nitrogens with two attached hydrogens (primary N) is 1. The first-order valence-electron chi connectivity index (χ1n) is 22.2. The number of aromatic nitrogens is 5. The summed E-state index contributed by atoms with van der Waals surface area (Å²) in [6, 6.07) is 14.8. The predicted octanol–water partition coefficient (Wildman–Crippen LogP) is 8.00. The minimum Gasteiger partial charge on any atom is -0.507 e. The Kier molecular flexibility index (Phi) is 16.1. The summed E-state index contributed by atoms with van der Waals surface area (Å²) >= 11 is 1.59. The number of nitrogens with one attached hydrogen (secondary N) is 2. The number of anilines is 1. The third-order valence-corrected chi connectivity index (χ3v) is 12.8. The minimum absolute atomic E-state index is 0.0350. The number of para-hydroxylation sites is 1. The molecule has 2 aromatic carbocycles. The number of phenolic OH excluding ortho intramolecular Hbond substituents is 1. The van der Waals surface area contributed by atoms with Crippen LogP contribution in [-0.4, -0.2) is 82.5 Å². The Morgan fingerprint density at radius 2 is 1.59 bits per heavy atom. The van der Waals surface area contributed by atoms with Gasteiger partial charge in [0.1, 0.15) is 17.8 Å². The van der Waals surface area contributed by atoms with Gasteiger partial charge in [0.05, 0.1) is 40.1 Å². The number of carbonyl (C=O) groups excluding carboxylic acids is 3. The summed E-state index contributed by atoms with van der Waals surface area (Å²) in [5, 5.41) is 39.7. The smallest absolute Gasteiger partial charge is 0.246 e. The van der Waals surface area contributed by atoms with E-state index in [9.17, 15) is 24.6 Å². The Morgan fingerprint density at radius 1 is 0.905 bits per heavy atom. The van der Waals surface area contributed by atoms with Crippen LogP contribution in [0.5, 0.6) is 5.75 Å². The normalized spacial score (nSPS) is 16.2. The van der Waals surface area contributed by atoms with E-state index in [-0.39, 0.29) is 42.5 Å². The number of thiazole rings is 1. The standard InChI is InChI=1S/C48H63N9O5S/c1-31(33-20-22-34(23-21-33)43-32(2)50-30-63-43)52-46(61)40-25-36(58)29-57(40)47(62)44(48(3,4)5)53-42(60)19-13-11-9-7-6-8-10-12-16-24-56-28-35(27-51-56)38-26-39(54-55-45(38)49)37-17-14-15-18-41(37)59/h14-15,17-18,20-23,26-28,30-31,36,40,44,58-59H,6-13,16,19,24-25,29H2,1-5H3,(H2,49,55)(H,52,61)(H,53,60). The van der Waals surface area contributed by atoms with Gasteiger partial charge in [-0.1, -0.05) is 102 Å². The number of unbranched alkanes of at least 4 members (excludes halogenated alkanes) is 8. The summed E-state index contributed by atoms with van der Waals surface area (Å²) in [7, 11) is 0. The lowest BCUT2D eigenvalue weighted by Crippen LogP contribution is -2.57. The number of amides is 3. The molecule has 4 unspecified atom stereocenters. The van der Waals surface area contributed by atoms with Crippen molar-refractivity contribution in [2.24, 2.45) is 5.41 Å². The molecule has 6 rings (SSSR count). The second kappa shape index (κ2) is 21.6. The fourth-order valence-electron chi connectivity index (χ4n) is 8.12. The van der Waals surface area contributed by atoms with Gasteiger partial charge in [-0.15, -0.1) is 21.5 Å². The van der Waals surface area contributed by atoms with E-state index >= 15 is 0 Å². The first-order valence-corrected chi connectivity index (χ1v) is 23.1. The molecule has 0 bridgehead atoms. The van der Waals surface area contributed by atoms with Gasteiger partial charge in [-0.2, -0.15) is 5.10 Å². The molecule has 336 valence electrons. The maximum atomic E-state index is 14.1. The molecule has 0 spiro atoms. The molecular weight excluding hydrogens is 815 g/mol. The number of benzene rings is 2. The topological polar surface area (TPSA) is 201 Å². The van der Waals surface area contributed by atoms with Crippen molar-refractivity contribution in [3.05, 3.63) is 83.8 Å². The van der Waals surface area contributed by atoms with Crippen LogP contribution in [0, 0.1) is 12.3 Å². The lowest BCUT2D eigenvalue weighted by molar-refractivity contribution is -0.144. The van der Waals surface area contributed by atoms with Gasteiger partial charge in [-0.25, -0.2) is 4.98 Å². The highest BCUT2D eigenvalue weighted by molar-refractivity contribution is 7.13. The number of aryl methyl sites for hydroxylation is 2. The number of phenols is 1. The molecule has 1 aliphatic rings. The van der Waals surface area contributed by atoms with Gasteiger partial charge in [0.15, 0.2) is 5.82 Å². The third kappa shape index (κ3) is 12.5. The Morgan fingerprint density at radius 3 is 2.25 bits per heavy atom. The molecule has 63 heavy (non-hydrogen) atoms. The second-order valence-corrected chi connectivity index (χ2v) is 18.7. The first kappa shape index (κ1) is 46.8. The summed E-state index contributed by atoms with van der Waals surface area (Å²) in [6.45, 7) is 10.4. The van der Waals surface area contributed by atoms with Crippen LogP contribution in [0.15, 0.2) is 72.5 Å². The fraction of sp³-hybridized carbons (Fsp3) is 0.479. The molecular formula is C48H63N9O5S. The number of β-amino-alcohol motifs (C(OH)–C–C–N with tert-alkyl or cyclic N) is 1. The van der Waals surface area contributed by atoms with Crippen molar-refractivity contribution in [3.63, 3.8) is 0 Å². The molecule has 5 aromatic rings. The van der Waals surface area contributed by atoms with Crippen LogP contribution in [-0.2, 0) is 20.9 Å². The quantitative estimate of drug-likeness (QED) is 0.0477. The first-order chi connectivity index (χ1) is 30.2. The van der Waals surface area contributed by atoms with E-state index in [0.717, 1.165) is 97.2 Å². The van der Waals surface area contributed by atoms with Crippen molar-refractivity contribution in [1.82, 2.24) is 40.5 Å². The molecule has 15 heteroatoms. The van der Waals surface area contributed by atoms with E-state index in [2.05, 4.69) is 30.9 Å². The fourth-order valence-corrected chi connectivity index (χ4v) is 8.94. The summed E-state index contributed by atoms with van der Waals surface area (Å²) in [4.78, 5) is 47.8. The molecule has 4 heterocycles. The molecule has 0 saturated carbocycles. The molecule has 1 saturated heterocycles. The third-order valence-electron chi connectivity index (χ3n) is 11.8. The molecule has 3 aromatic heterocycles. The maximum Gasteiger partial charge on any atom is 0.246 e. The largest absolute Gasteiger partial charge is 0.507 e. The van der Waals surface area contributed by atoms with Crippen LogP contribution in [0.3, 0.4) is 0 Å². The lowest BCUT2D eigenvalue weighted by Gasteiger charge is -2.35. The number of hydrogen-bond acceptors (Lipinski definition) is 11. The minimum atomic E-state index is -0.844. The highest BCUT2D eigenvalue weighted by Crippen LogP contribution is 2.33. The summed E-state index contributed by atoms with van der Waals surface area (Å²) in [5.41, 5.74) is 13.0. The highest BCUT2D eigenvalue weighted by atomic mass is 32.1. The zero-order valence-corrected chi connectivity index (χ0v) is 38.0. The molecule has 3 amide bonds. The van der Waals surface area contributed by atoms with Crippen molar-refractivity contribution in [2.45, 2.75) is 136 Å². The van der Waals surface area contributed by atoms with Crippen molar-refractivity contribution in [1.29, 1.82) is 0 Å². The van der Waals surface area contributed by atoms with Gasteiger partial charge in [0.25, 0.3) is 0 Å². The number of rotatable bonds is 20. The monoisotopic (exact) mass is 877 g/mol. The van der Waals surface area contributed by atoms with Crippen LogP contribution >= 0.6 is 11.3 Å². The number of nitrogen functional groups attached to an aromatic ring is 1. The van der Waals surface area contributed by atoms with Gasteiger partial charge in [0, 0.05) is 48.8 Å². The molecule has 1 fully saturated rings. The number of aromatic hydroxyl groups is 1. The van der Waals surface area contributed by atoms with E-state index in [0.29, 0.717) is 23.5 Å². The molecule has 6 N–H and O–H groups in total. The van der Waals surface area contributed by atoms with Crippen LogP contribution in [0.4, 0.5) is 5.82 Å². The number of aliphatic hydroxyl groups excluding tert-OH is 1. The Labute approximate surface area is 374 Å². The average molecular weight is 878 g/mol. The predicted molar refractivity (Wildman–Crippen MR) is 247 cm³/mol. The summed E-state index contributed by atoms with van der Waals surface area (Å²) in [6.07, 6.45) is 12.7. The van der Waals surface area contributed by atoms with E-state index in [1.165, 1.54) is 4.90 Å². The van der Waals surface area contributed by atoms with Gasteiger partial charge in [-0.05, 0) is 61.4 Å². The van der Waals surface area contributed by atoms with Crippen molar-refractivity contribution < 1.29 is 24.6 Å². The summed E-state index contributed by atoms with van der Waals surface area (Å²) in [5.74, 6) is -0.427. The van der Waals surface area contributed by atoms with E-state index in [1.807, 2.05) is 87.4 Å². The number of carbonyl (C=O) groups is 3. The van der Waals surface area contributed by atoms with E-state index in [4.69, 9.17) is 5.73 Å². The van der Waals surface area contributed by atoms with Gasteiger partial charge < -0.3 is 31.5 Å². The van der Waals surface area contributed by atoms with Crippen molar-refractivity contribution >= 4 is 34.9 Å². The van der Waals surface area contributed by atoms with Gasteiger partial charge >= 0.3 is 0 Å². The zero-order valence-electron chi connectivity index (χ0n) is 37.2. The van der Waals surface area contributed by atoms with Crippen LogP contribution < -0.4 is 16.4 Å². The van der Waals surface area contributed by atoms with Crippen molar-refractivity contribution in [3.8, 4) is 38.6 Å². The van der Waals surface area contributed by atoms with Crippen LogP contribution in [0.2, 0.25) is 0 Å². The number of hydrogen-bond donors (Lipinski definition) is 5. The van der Waals surface area contributed by atoms with Crippen molar-refractivity contribution in [2.75, 3.05) is 12.3 Å². The Balaban J connectivity index is 0.868. The van der Waals surface area contributed by atoms with E-state index < -0.39 is 23.6 Å². The Hall–Kier alpha value is -5.67. The SMILES string of the molecule is Cc1ncsc1-c1ccc(C(C)NC(=O)C2CC(O)CN2C(=O)C(NC(=O)CCCCCCCCCCCn2cc(-c3cc(-c4ccccc4O)nnc3N)cn2)C(C)(C)C)cc1. The number of likely N-dealkylation sites (tertiary alicyclic amines) is 1. The maximum absolute atomic E-state index is 14.1. The molecule has 4 atom stereocenters. The highest BCUT2D eigenvalue weighted by Gasteiger charge is 2.44. The molecule has 14 nitrogen and oxygen atoms in total. The molecule has 0 aliphatic carbocycles. The second-order valence-electron chi connectivity index (χ2n) is 17.9.